The summed E-state index contributed by atoms with van der Waals surface area (Å²) in [5, 5.41) is 16.5. The molecule has 1 saturated heterocycles. The molecule has 8 heteroatoms. The lowest BCUT2D eigenvalue weighted by Crippen LogP contribution is -2.49. The fourth-order valence-electron chi connectivity index (χ4n) is 6.05. The number of rotatable bonds is 18. The van der Waals surface area contributed by atoms with Crippen molar-refractivity contribution in [2.24, 2.45) is 11.3 Å². The summed E-state index contributed by atoms with van der Waals surface area (Å²) in [6, 6.07) is 5.42. The summed E-state index contributed by atoms with van der Waals surface area (Å²) >= 11 is 0. The summed E-state index contributed by atoms with van der Waals surface area (Å²) < 4.78 is 17.5. The third kappa shape index (κ3) is 11.0. The summed E-state index contributed by atoms with van der Waals surface area (Å²) in [6.07, 6.45) is 9.63. The summed E-state index contributed by atoms with van der Waals surface area (Å²) in [5.74, 6) is 0.375. The number of piperidine rings is 1. The Hall–Kier alpha value is -2.32. The Kier molecular flexibility index (Phi) is 14.7. The maximum Gasteiger partial charge on any atom is 0.320 e. The Labute approximate surface area is 235 Å². The van der Waals surface area contributed by atoms with Crippen LogP contribution in [0.5, 0.6) is 11.5 Å². The van der Waals surface area contributed by atoms with E-state index < -0.39 is 6.10 Å². The molecule has 3 unspecified atom stereocenters. The SMILES string of the molecule is CCCCCC(CCC)CC(CC(OC(=O)CNC)C1(Cc2ccc(O)c(OC)c2)CCNCC1)OC(C)=O. The van der Waals surface area contributed by atoms with Crippen LogP contribution >= 0.6 is 0 Å². The highest BCUT2D eigenvalue weighted by Crippen LogP contribution is 2.42. The number of esters is 2. The van der Waals surface area contributed by atoms with Crippen molar-refractivity contribution in [3.8, 4) is 11.5 Å². The van der Waals surface area contributed by atoms with Crippen LogP contribution in [-0.2, 0) is 25.5 Å². The van der Waals surface area contributed by atoms with Gasteiger partial charge in [-0.2, -0.15) is 0 Å². The maximum atomic E-state index is 12.9. The molecular formula is C31H52N2O6. The minimum absolute atomic E-state index is 0.0950. The molecule has 1 fully saturated rings. The van der Waals surface area contributed by atoms with Gasteiger partial charge in [0.05, 0.1) is 13.7 Å². The van der Waals surface area contributed by atoms with E-state index in [-0.39, 0.29) is 35.8 Å². The van der Waals surface area contributed by atoms with E-state index in [1.54, 1.807) is 20.2 Å². The molecule has 3 N–H and O–H groups in total. The second-order valence-corrected chi connectivity index (χ2v) is 11.2. The lowest BCUT2D eigenvalue weighted by molar-refractivity contribution is -0.164. The number of likely N-dealkylation sites (N-methyl/N-ethyl adjacent to an activating group) is 1. The van der Waals surface area contributed by atoms with Crippen LogP contribution in [0.4, 0.5) is 0 Å². The number of phenols is 1. The number of carbonyl (C=O) groups excluding carboxylic acids is 2. The van der Waals surface area contributed by atoms with Gasteiger partial charge in [0.2, 0.25) is 0 Å². The highest BCUT2D eigenvalue weighted by molar-refractivity contribution is 5.72. The van der Waals surface area contributed by atoms with Crippen LogP contribution < -0.4 is 15.4 Å². The van der Waals surface area contributed by atoms with Gasteiger partial charge in [0.1, 0.15) is 12.2 Å². The number of ether oxygens (including phenoxy) is 3. The van der Waals surface area contributed by atoms with Gasteiger partial charge in [-0.15, -0.1) is 0 Å². The first-order valence-corrected chi connectivity index (χ1v) is 14.8. The zero-order valence-corrected chi connectivity index (χ0v) is 24.9. The molecule has 1 heterocycles. The minimum Gasteiger partial charge on any atom is -0.504 e. The number of phenolic OH excluding ortho intramolecular Hbond substituents is 1. The van der Waals surface area contributed by atoms with E-state index in [0.29, 0.717) is 24.5 Å². The van der Waals surface area contributed by atoms with E-state index in [1.807, 2.05) is 12.1 Å². The predicted molar refractivity (Wildman–Crippen MR) is 154 cm³/mol. The van der Waals surface area contributed by atoms with Crippen molar-refractivity contribution >= 4 is 11.9 Å². The number of unbranched alkanes of at least 4 members (excludes halogenated alkanes) is 2. The number of hydrogen-bond acceptors (Lipinski definition) is 8. The van der Waals surface area contributed by atoms with Crippen LogP contribution in [0.1, 0.15) is 90.5 Å². The first kappa shape index (κ1) is 32.9. The number of aromatic hydroxyl groups is 1. The van der Waals surface area contributed by atoms with E-state index in [2.05, 4.69) is 24.5 Å². The average molecular weight is 549 g/mol. The van der Waals surface area contributed by atoms with Crippen LogP contribution in [0.2, 0.25) is 0 Å². The van der Waals surface area contributed by atoms with Crippen LogP contribution in [0.25, 0.3) is 0 Å². The topological polar surface area (TPSA) is 106 Å². The molecule has 8 nitrogen and oxygen atoms in total. The van der Waals surface area contributed by atoms with Crippen molar-refractivity contribution in [2.75, 3.05) is 33.8 Å². The molecule has 0 aromatic heterocycles. The van der Waals surface area contributed by atoms with Gasteiger partial charge in [0.15, 0.2) is 11.5 Å². The lowest BCUT2D eigenvalue weighted by atomic mass is 9.68. The molecule has 0 radical (unpaired) electrons. The van der Waals surface area contributed by atoms with Gasteiger partial charge in [0, 0.05) is 18.8 Å². The smallest absolute Gasteiger partial charge is 0.320 e. The predicted octanol–water partition coefficient (Wildman–Crippen LogP) is 5.15. The third-order valence-electron chi connectivity index (χ3n) is 8.00. The van der Waals surface area contributed by atoms with Crippen molar-refractivity contribution < 1.29 is 28.9 Å². The Morgan fingerprint density at radius 2 is 1.82 bits per heavy atom. The lowest BCUT2D eigenvalue weighted by Gasteiger charge is -2.44. The number of benzene rings is 1. The van der Waals surface area contributed by atoms with Crippen molar-refractivity contribution in [2.45, 2.75) is 104 Å². The minimum atomic E-state index is -0.428. The van der Waals surface area contributed by atoms with Crippen molar-refractivity contribution in [3.05, 3.63) is 23.8 Å². The Balaban J connectivity index is 2.41. The Morgan fingerprint density at radius 1 is 1.08 bits per heavy atom. The van der Waals surface area contributed by atoms with Gasteiger partial charge in [-0.3, -0.25) is 9.59 Å². The zero-order valence-electron chi connectivity index (χ0n) is 24.9. The molecule has 1 aliphatic heterocycles. The van der Waals surface area contributed by atoms with Crippen LogP contribution in [0.15, 0.2) is 18.2 Å². The van der Waals surface area contributed by atoms with Gasteiger partial charge in [0.25, 0.3) is 0 Å². The number of nitrogens with one attached hydrogen (secondary N) is 2. The van der Waals surface area contributed by atoms with Crippen LogP contribution in [0.3, 0.4) is 0 Å². The van der Waals surface area contributed by atoms with Crippen LogP contribution in [-0.4, -0.2) is 63.0 Å². The average Bonchev–Trinajstić information content (AvgIpc) is 2.90. The molecule has 3 atom stereocenters. The van der Waals surface area contributed by atoms with Crippen molar-refractivity contribution in [1.82, 2.24) is 10.6 Å². The molecular weight excluding hydrogens is 496 g/mol. The van der Waals surface area contributed by atoms with Gasteiger partial charge in [-0.1, -0.05) is 58.4 Å². The molecule has 0 spiro atoms. The molecule has 222 valence electrons. The van der Waals surface area contributed by atoms with Crippen LogP contribution in [0, 0.1) is 11.3 Å². The molecule has 1 aliphatic rings. The molecule has 2 rings (SSSR count). The normalized spacial score (nSPS) is 17.2. The second kappa shape index (κ2) is 17.4. The molecule has 0 saturated carbocycles. The van der Waals surface area contributed by atoms with E-state index in [9.17, 15) is 14.7 Å². The zero-order chi connectivity index (χ0) is 28.7. The maximum absolute atomic E-state index is 12.9. The third-order valence-corrected chi connectivity index (χ3v) is 8.00. The van der Waals surface area contributed by atoms with Gasteiger partial charge in [-0.25, -0.2) is 0 Å². The number of hydrogen-bond donors (Lipinski definition) is 3. The second-order valence-electron chi connectivity index (χ2n) is 11.2. The summed E-state index contributed by atoms with van der Waals surface area (Å²) in [6.45, 7) is 7.61. The first-order valence-electron chi connectivity index (χ1n) is 14.8. The Morgan fingerprint density at radius 3 is 2.44 bits per heavy atom. The van der Waals surface area contributed by atoms with E-state index >= 15 is 0 Å². The van der Waals surface area contributed by atoms with Crippen molar-refractivity contribution in [1.29, 1.82) is 0 Å². The summed E-state index contributed by atoms with van der Waals surface area (Å²) in [7, 11) is 3.27. The van der Waals surface area contributed by atoms with Crippen molar-refractivity contribution in [3.63, 3.8) is 0 Å². The highest BCUT2D eigenvalue weighted by Gasteiger charge is 2.44. The highest BCUT2D eigenvalue weighted by atomic mass is 16.6. The molecule has 0 aliphatic carbocycles. The fourth-order valence-corrected chi connectivity index (χ4v) is 6.05. The summed E-state index contributed by atoms with van der Waals surface area (Å²) in [5.41, 5.74) is 0.658. The van der Waals surface area contributed by atoms with E-state index in [4.69, 9.17) is 14.2 Å². The molecule has 0 amide bonds. The molecule has 39 heavy (non-hydrogen) atoms. The fraction of sp³-hybridized carbons (Fsp3) is 0.742. The monoisotopic (exact) mass is 548 g/mol. The van der Waals surface area contributed by atoms with E-state index in [0.717, 1.165) is 57.2 Å². The Bertz CT molecular complexity index is 871. The quantitative estimate of drug-likeness (QED) is 0.171. The molecule has 1 aromatic carbocycles. The first-order chi connectivity index (χ1) is 18.8. The van der Waals surface area contributed by atoms with Gasteiger partial charge in [-0.05, 0) is 69.4 Å². The molecule has 0 bridgehead atoms. The van der Waals surface area contributed by atoms with E-state index in [1.165, 1.54) is 26.2 Å². The van der Waals surface area contributed by atoms with Gasteiger partial charge < -0.3 is 30.0 Å². The number of methoxy groups -OCH3 is 1. The molecule has 1 aromatic rings. The summed E-state index contributed by atoms with van der Waals surface area (Å²) in [4.78, 5) is 25.1. The van der Waals surface area contributed by atoms with Gasteiger partial charge >= 0.3 is 11.9 Å². The standard InChI is InChI=1S/C31H52N2O6/c1-6-8-9-11-24(10-7-2)18-26(38-23(3)34)20-29(39-30(36)22-32-4)31(14-16-33-17-15-31)21-25-12-13-27(35)28(19-25)37-5/h12-13,19,24,26,29,32-33,35H,6-11,14-18,20-22H2,1-5H3. The number of carbonyl (C=O) groups is 2. The largest absolute Gasteiger partial charge is 0.504 e.